The maximum Gasteiger partial charge on any atom is 0.222 e. The van der Waals surface area contributed by atoms with Gasteiger partial charge in [-0.05, 0) is 49.4 Å². The predicted molar refractivity (Wildman–Crippen MR) is 119 cm³/mol. The topological polar surface area (TPSA) is 76.5 Å². The lowest BCUT2D eigenvalue weighted by atomic mass is 10.2. The van der Waals surface area contributed by atoms with Crippen molar-refractivity contribution in [2.75, 3.05) is 17.6 Å². The van der Waals surface area contributed by atoms with Crippen LogP contribution in [0.5, 0.6) is 0 Å². The first-order chi connectivity index (χ1) is 14.4. The van der Waals surface area contributed by atoms with Crippen LogP contribution in [0.15, 0.2) is 48.0 Å². The van der Waals surface area contributed by atoms with Crippen molar-refractivity contribution in [3.05, 3.63) is 53.4 Å². The zero-order valence-electron chi connectivity index (χ0n) is 15.8. The number of thiophene rings is 1. The van der Waals surface area contributed by atoms with Gasteiger partial charge in [-0.15, -0.1) is 23.1 Å². The van der Waals surface area contributed by atoms with Crippen LogP contribution in [0, 0.1) is 0 Å². The molecule has 0 saturated heterocycles. The van der Waals surface area contributed by atoms with Gasteiger partial charge in [0.25, 0.3) is 0 Å². The van der Waals surface area contributed by atoms with Gasteiger partial charge >= 0.3 is 0 Å². The Balaban J connectivity index is 1.36. The van der Waals surface area contributed by atoms with Crippen molar-refractivity contribution >= 4 is 39.3 Å². The molecule has 1 N–H and O–H groups in total. The van der Waals surface area contributed by atoms with Gasteiger partial charge in [0.2, 0.25) is 5.95 Å². The zero-order chi connectivity index (χ0) is 19.5. The molecule has 1 aliphatic carbocycles. The molecule has 0 unspecified atom stereocenters. The van der Waals surface area contributed by atoms with Gasteiger partial charge in [0.15, 0.2) is 5.82 Å². The summed E-state index contributed by atoms with van der Waals surface area (Å²) in [6.07, 6.45) is 11.7. The molecular weight excluding hydrogens is 400 g/mol. The molecule has 6 nitrogen and oxygen atoms in total. The third-order valence-corrected chi connectivity index (χ3v) is 7.11. The van der Waals surface area contributed by atoms with Gasteiger partial charge in [-0.2, -0.15) is 0 Å². The predicted octanol–water partition coefficient (Wildman–Crippen LogP) is 4.63. The fourth-order valence-corrected chi connectivity index (χ4v) is 5.85. The monoisotopic (exact) mass is 420 g/mol. The van der Waals surface area contributed by atoms with Gasteiger partial charge in [0.05, 0.1) is 0 Å². The van der Waals surface area contributed by atoms with E-state index < -0.39 is 0 Å². The van der Waals surface area contributed by atoms with Crippen molar-refractivity contribution in [3.63, 3.8) is 0 Å². The second-order valence-electron chi connectivity index (χ2n) is 6.83. The maximum atomic E-state index is 4.95. The molecular formula is C21H20N6S2. The van der Waals surface area contributed by atoms with E-state index in [0.717, 1.165) is 46.4 Å². The summed E-state index contributed by atoms with van der Waals surface area (Å²) < 4.78 is 0. The number of thioether (sulfide) groups is 1. The van der Waals surface area contributed by atoms with Gasteiger partial charge < -0.3 is 5.32 Å². The second kappa shape index (κ2) is 8.42. The van der Waals surface area contributed by atoms with E-state index in [0.29, 0.717) is 5.95 Å². The molecule has 0 radical (unpaired) electrons. The molecule has 4 aromatic heterocycles. The number of hydrogen-bond donors (Lipinski definition) is 1. The number of anilines is 1. The van der Waals surface area contributed by atoms with E-state index in [9.17, 15) is 0 Å². The fraction of sp³-hybridized carbons (Fsp3) is 0.286. The number of aryl methyl sites for hydroxylation is 2. The smallest absolute Gasteiger partial charge is 0.222 e. The maximum absolute atomic E-state index is 4.95. The first-order valence-corrected chi connectivity index (χ1v) is 11.5. The highest BCUT2D eigenvalue weighted by atomic mass is 32.2. The number of pyridine rings is 1. The second-order valence-corrected chi connectivity index (χ2v) is 9.00. The first kappa shape index (κ1) is 18.4. The summed E-state index contributed by atoms with van der Waals surface area (Å²) in [4.78, 5) is 25.1. The molecule has 5 rings (SSSR count). The van der Waals surface area contributed by atoms with E-state index in [1.165, 1.54) is 28.7 Å². The van der Waals surface area contributed by atoms with Crippen LogP contribution < -0.4 is 5.32 Å². The van der Waals surface area contributed by atoms with Gasteiger partial charge in [-0.25, -0.2) is 19.9 Å². The molecule has 1 aliphatic rings. The van der Waals surface area contributed by atoms with Crippen LogP contribution >= 0.6 is 23.1 Å². The summed E-state index contributed by atoms with van der Waals surface area (Å²) in [5.74, 6) is 2.42. The summed E-state index contributed by atoms with van der Waals surface area (Å²) in [6.45, 7) is 0.836. The average Bonchev–Trinajstić information content (AvgIpc) is 3.36. The molecule has 0 atom stereocenters. The number of aromatic nitrogens is 5. The molecule has 146 valence electrons. The quantitative estimate of drug-likeness (QED) is 0.265. The molecule has 29 heavy (non-hydrogen) atoms. The first-order valence-electron chi connectivity index (χ1n) is 9.75. The molecule has 0 fully saturated rings. The zero-order valence-corrected chi connectivity index (χ0v) is 17.5. The molecule has 0 spiro atoms. The number of nitrogens with one attached hydrogen (secondary N) is 1. The van der Waals surface area contributed by atoms with E-state index in [1.807, 2.05) is 47.5 Å². The summed E-state index contributed by atoms with van der Waals surface area (Å²) >= 11 is 3.66. The van der Waals surface area contributed by atoms with Crippen LogP contribution in [0.3, 0.4) is 0 Å². The van der Waals surface area contributed by atoms with Crippen LogP contribution in [0.1, 0.15) is 23.3 Å². The average molecular weight is 421 g/mol. The minimum atomic E-state index is 0.677. The highest BCUT2D eigenvalue weighted by Gasteiger charge is 2.22. The molecule has 0 amide bonds. The standard InChI is InChI=1S/C21H20N6S2/c1-6-15-16(7-1)29-20-17(15)19(26-18(27-20)14-5-2-8-22-13-14)28-12-4-11-25-21-23-9-3-10-24-21/h2-3,5,8-10,13H,1,4,6-7,11-12H2,(H,23,24,25). The van der Waals surface area contributed by atoms with E-state index in [4.69, 9.17) is 9.97 Å². The Bertz CT molecular complexity index is 1110. The lowest BCUT2D eigenvalue weighted by Gasteiger charge is -2.08. The number of rotatable bonds is 7. The molecule has 0 aromatic carbocycles. The van der Waals surface area contributed by atoms with Crippen molar-refractivity contribution < 1.29 is 0 Å². The van der Waals surface area contributed by atoms with Gasteiger partial charge in [-0.3, -0.25) is 4.98 Å². The Morgan fingerprint density at radius 2 is 2.00 bits per heavy atom. The van der Waals surface area contributed by atoms with Crippen LogP contribution in [-0.4, -0.2) is 37.2 Å². The molecule has 0 aliphatic heterocycles. The van der Waals surface area contributed by atoms with Crippen molar-refractivity contribution in [2.24, 2.45) is 0 Å². The molecule has 4 heterocycles. The van der Waals surface area contributed by atoms with Crippen molar-refractivity contribution in [1.29, 1.82) is 0 Å². The van der Waals surface area contributed by atoms with Crippen LogP contribution in [0.2, 0.25) is 0 Å². The van der Waals surface area contributed by atoms with E-state index in [-0.39, 0.29) is 0 Å². The summed E-state index contributed by atoms with van der Waals surface area (Å²) in [5.41, 5.74) is 2.44. The Morgan fingerprint density at radius 1 is 1.07 bits per heavy atom. The number of nitrogens with zero attached hydrogens (tertiary/aromatic N) is 5. The van der Waals surface area contributed by atoms with Crippen molar-refractivity contribution in [3.8, 4) is 11.4 Å². The number of hydrogen-bond acceptors (Lipinski definition) is 8. The highest BCUT2D eigenvalue weighted by Crippen LogP contribution is 2.41. The van der Waals surface area contributed by atoms with Gasteiger partial charge in [0.1, 0.15) is 9.86 Å². The molecule has 4 aromatic rings. The van der Waals surface area contributed by atoms with Gasteiger partial charge in [-0.1, -0.05) is 0 Å². The largest absolute Gasteiger partial charge is 0.354 e. The Labute approximate surface area is 177 Å². The van der Waals surface area contributed by atoms with Crippen molar-refractivity contribution in [2.45, 2.75) is 30.7 Å². The van der Waals surface area contributed by atoms with Crippen LogP contribution in [0.25, 0.3) is 21.6 Å². The molecule has 0 bridgehead atoms. The lowest BCUT2D eigenvalue weighted by Crippen LogP contribution is -2.05. The summed E-state index contributed by atoms with van der Waals surface area (Å²) in [5, 5.41) is 5.65. The van der Waals surface area contributed by atoms with Gasteiger partial charge in [0, 0.05) is 52.9 Å². The van der Waals surface area contributed by atoms with Crippen LogP contribution in [0.4, 0.5) is 5.95 Å². The molecule has 8 heteroatoms. The van der Waals surface area contributed by atoms with E-state index in [2.05, 4.69) is 20.3 Å². The Morgan fingerprint density at radius 3 is 2.86 bits per heavy atom. The Hall–Kier alpha value is -2.58. The van der Waals surface area contributed by atoms with Crippen molar-refractivity contribution in [1.82, 2.24) is 24.9 Å². The van der Waals surface area contributed by atoms with E-state index in [1.54, 1.807) is 18.6 Å². The minimum absolute atomic E-state index is 0.677. The third kappa shape index (κ3) is 3.95. The minimum Gasteiger partial charge on any atom is -0.354 e. The number of fused-ring (bicyclic) bond motifs is 3. The summed E-state index contributed by atoms with van der Waals surface area (Å²) in [7, 11) is 0. The highest BCUT2D eigenvalue weighted by molar-refractivity contribution is 7.99. The SMILES string of the molecule is c1cnc(NCCCSc2nc(-c3cccnc3)nc3sc4c(c23)CCC4)nc1. The van der Waals surface area contributed by atoms with Crippen LogP contribution in [-0.2, 0) is 12.8 Å². The van der Waals surface area contributed by atoms with E-state index >= 15 is 0 Å². The third-order valence-electron chi connectivity index (χ3n) is 4.86. The fourth-order valence-electron chi connectivity index (χ4n) is 3.52. The summed E-state index contributed by atoms with van der Waals surface area (Å²) in [6, 6.07) is 5.77. The lowest BCUT2D eigenvalue weighted by molar-refractivity contribution is 0.915. The Kier molecular flexibility index (Phi) is 5.36. The molecule has 0 saturated carbocycles. The normalized spacial score (nSPS) is 13.0.